The van der Waals surface area contributed by atoms with E-state index >= 15 is 0 Å². The second-order valence-corrected chi connectivity index (χ2v) is 3.96. The molecule has 14 heavy (non-hydrogen) atoms. The summed E-state index contributed by atoms with van der Waals surface area (Å²) in [4.78, 5) is 0. The molecule has 0 bridgehead atoms. The smallest absolute Gasteiger partial charge is 0.156 e. The largest absolute Gasteiger partial charge is 0.487 e. The lowest BCUT2D eigenvalue weighted by molar-refractivity contribution is 0.302. The van der Waals surface area contributed by atoms with Crippen LogP contribution in [0.25, 0.3) is 0 Å². The molecule has 0 radical (unpaired) electrons. The first-order valence-corrected chi connectivity index (χ1v) is 4.95. The second-order valence-electron chi connectivity index (χ2n) is 3.55. The van der Waals surface area contributed by atoms with Crippen LogP contribution in [0.1, 0.15) is 24.0 Å². The summed E-state index contributed by atoms with van der Waals surface area (Å²) in [6.45, 7) is 1.91. The van der Waals surface area contributed by atoms with Gasteiger partial charge in [0.1, 0.15) is 6.07 Å². The van der Waals surface area contributed by atoms with Crippen molar-refractivity contribution >= 4 is 11.6 Å². The fourth-order valence-electron chi connectivity index (χ4n) is 1.28. The molecule has 1 aliphatic carbocycles. The number of nitrogens with zero attached hydrogens (tertiary/aromatic N) is 1. The lowest BCUT2D eigenvalue weighted by atomic mass is 10.1. The molecular weight excluding hydrogens is 198 g/mol. The quantitative estimate of drug-likeness (QED) is 0.747. The highest BCUT2D eigenvalue weighted by atomic mass is 35.5. The number of halogens is 1. The Morgan fingerprint density at radius 3 is 2.79 bits per heavy atom. The number of hydrogen-bond acceptors (Lipinski definition) is 2. The summed E-state index contributed by atoms with van der Waals surface area (Å²) in [6, 6.07) is 5.72. The minimum Gasteiger partial charge on any atom is -0.487 e. The standard InChI is InChI=1S/C11H10ClNO/c1-7-4-8(6-13)11(10(12)5-7)14-9-2-3-9/h4-5,9H,2-3H2,1H3. The zero-order valence-electron chi connectivity index (χ0n) is 7.88. The second kappa shape index (κ2) is 3.51. The molecule has 72 valence electrons. The molecule has 2 nitrogen and oxygen atoms in total. The zero-order valence-corrected chi connectivity index (χ0v) is 8.64. The van der Waals surface area contributed by atoms with Gasteiger partial charge in [-0.05, 0) is 37.5 Å². The van der Waals surface area contributed by atoms with E-state index in [0.717, 1.165) is 18.4 Å². The van der Waals surface area contributed by atoms with Crippen molar-refractivity contribution in [3.8, 4) is 11.8 Å². The van der Waals surface area contributed by atoms with Gasteiger partial charge in [-0.25, -0.2) is 0 Å². The molecule has 0 heterocycles. The Labute approximate surface area is 88.1 Å². The van der Waals surface area contributed by atoms with Gasteiger partial charge in [-0.2, -0.15) is 5.26 Å². The van der Waals surface area contributed by atoms with Crippen LogP contribution in [0.2, 0.25) is 5.02 Å². The van der Waals surface area contributed by atoms with Crippen LogP contribution < -0.4 is 4.74 Å². The average molecular weight is 208 g/mol. The summed E-state index contributed by atoms with van der Waals surface area (Å²) >= 11 is 6.01. The van der Waals surface area contributed by atoms with Crippen molar-refractivity contribution in [2.75, 3.05) is 0 Å². The maximum absolute atomic E-state index is 8.91. The summed E-state index contributed by atoms with van der Waals surface area (Å²) in [6.07, 6.45) is 2.40. The molecular formula is C11H10ClNO. The average Bonchev–Trinajstić information content (AvgIpc) is 2.93. The van der Waals surface area contributed by atoms with E-state index < -0.39 is 0 Å². The van der Waals surface area contributed by atoms with Crippen LogP contribution >= 0.6 is 11.6 Å². The SMILES string of the molecule is Cc1cc(Cl)c(OC2CC2)c(C#N)c1. The first kappa shape index (κ1) is 9.36. The molecule has 1 fully saturated rings. The maximum Gasteiger partial charge on any atom is 0.156 e. The molecule has 0 amide bonds. The molecule has 1 aliphatic rings. The van der Waals surface area contributed by atoms with E-state index in [4.69, 9.17) is 21.6 Å². The fourth-order valence-corrected chi connectivity index (χ4v) is 1.60. The van der Waals surface area contributed by atoms with Gasteiger partial charge in [0.15, 0.2) is 5.75 Å². The van der Waals surface area contributed by atoms with Gasteiger partial charge in [0.25, 0.3) is 0 Å². The lowest BCUT2D eigenvalue weighted by Crippen LogP contribution is -1.99. The molecule has 0 aliphatic heterocycles. The molecule has 0 aromatic heterocycles. The molecule has 0 atom stereocenters. The number of nitriles is 1. The van der Waals surface area contributed by atoms with Crippen molar-refractivity contribution in [2.45, 2.75) is 25.9 Å². The predicted octanol–water partition coefficient (Wildman–Crippen LogP) is 3.06. The third-order valence-electron chi connectivity index (χ3n) is 2.12. The number of aryl methyl sites for hydroxylation is 1. The molecule has 1 saturated carbocycles. The topological polar surface area (TPSA) is 33.0 Å². The van der Waals surface area contributed by atoms with Crippen molar-refractivity contribution < 1.29 is 4.74 Å². The summed E-state index contributed by atoms with van der Waals surface area (Å²) in [5.41, 5.74) is 1.51. The Morgan fingerprint density at radius 2 is 2.21 bits per heavy atom. The van der Waals surface area contributed by atoms with E-state index in [1.54, 1.807) is 6.07 Å². The highest BCUT2D eigenvalue weighted by Gasteiger charge is 2.25. The zero-order chi connectivity index (χ0) is 10.1. The van der Waals surface area contributed by atoms with Crippen molar-refractivity contribution in [2.24, 2.45) is 0 Å². The normalized spacial score (nSPS) is 14.9. The van der Waals surface area contributed by atoms with Gasteiger partial charge in [-0.15, -0.1) is 0 Å². The van der Waals surface area contributed by atoms with E-state index in [1.807, 2.05) is 13.0 Å². The summed E-state index contributed by atoms with van der Waals surface area (Å²) in [5.74, 6) is 0.544. The van der Waals surface area contributed by atoms with Gasteiger partial charge in [-0.1, -0.05) is 11.6 Å². The molecule has 1 aromatic rings. The Hall–Kier alpha value is -1.20. The summed E-state index contributed by atoms with van der Waals surface area (Å²) < 4.78 is 5.58. The van der Waals surface area contributed by atoms with Crippen LogP contribution in [0.3, 0.4) is 0 Å². The minimum absolute atomic E-state index is 0.266. The van der Waals surface area contributed by atoms with Gasteiger partial charge < -0.3 is 4.74 Å². The minimum atomic E-state index is 0.266. The van der Waals surface area contributed by atoms with Gasteiger partial charge in [-0.3, -0.25) is 0 Å². The van der Waals surface area contributed by atoms with Gasteiger partial charge >= 0.3 is 0 Å². The Kier molecular flexibility index (Phi) is 2.35. The van der Waals surface area contributed by atoms with Crippen molar-refractivity contribution in [3.05, 3.63) is 28.3 Å². The summed E-state index contributed by atoms with van der Waals surface area (Å²) in [5, 5.41) is 9.45. The van der Waals surface area contributed by atoms with E-state index in [0.29, 0.717) is 16.3 Å². The van der Waals surface area contributed by atoms with E-state index in [-0.39, 0.29) is 6.10 Å². The lowest BCUT2D eigenvalue weighted by Gasteiger charge is -2.09. The predicted molar refractivity (Wildman–Crippen MR) is 54.6 cm³/mol. The van der Waals surface area contributed by atoms with Gasteiger partial charge in [0.05, 0.1) is 16.7 Å². The number of benzene rings is 1. The number of rotatable bonds is 2. The van der Waals surface area contributed by atoms with Crippen LogP contribution in [0, 0.1) is 18.3 Å². The van der Waals surface area contributed by atoms with Crippen molar-refractivity contribution in [3.63, 3.8) is 0 Å². The Bertz CT molecular complexity index is 404. The van der Waals surface area contributed by atoms with Crippen LogP contribution in [-0.2, 0) is 0 Å². The van der Waals surface area contributed by atoms with E-state index in [1.165, 1.54) is 0 Å². The molecule has 0 N–H and O–H groups in total. The van der Waals surface area contributed by atoms with Gasteiger partial charge in [0.2, 0.25) is 0 Å². The molecule has 0 unspecified atom stereocenters. The van der Waals surface area contributed by atoms with Crippen molar-refractivity contribution in [1.29, 1.82) is 5.26 Å². The van der Waals surface area contributed by atoms with E-state index in [2.05, 4.69) is 6.07 Å². The molecule has 3 heteroatoms. The fraction of sp³-hybridized carbons (Fsp3) is 0.364. The first-order valence-electron chi connectivity index (χ1n) is 4.57. The molecule has 1 aromatic carbocycles. The first-order chi connectivity index (χ1) is 6.70. The Morgan fingerprint density at radius 1 is 1.50 bits per heavy atom. The van der Waals surface area contributed by atoms with Crippen LogP contribution in [0.5, 0.6) is 5.75 Å². The monoisotopic (exact) mass is 207 g/mol. The van der Waals surface area contributed by atoms with Crippen LogP contribution in [0.4, 0.5) is 0 Å². The van der Waals surface area contributed by atoms with E-state index in [9.17, 15) is 0 Å². The molecule has 2 rings (SSSR count). The Balaban J connectivity index is 2.39. The summed E-state index contributed by atoms with van der Waals surface area (Å²) in [7, 11) is 0. The highest BCUT2D eigenvalue weighted by molar-refractivity contribution is 6.32. The van der Waals surface area contributed by atoms with Crippen LogP contribution in [0.15, 0.2) is 12.1 Å². The molecule has 0 saturated heterocycles. The number of hydrogen-bond donors (Lipinski definition) is 0. The van der Waals surface area contributed by atoms with Crippen molar-refractivity contribution in [1.82, 2.24) is 0 Å². The van der Waals surface area contributed by atoms with Crippen LogP contribution in [-0.4, -0.2) is 6.10 Å². The third-order valence-corrected chi connectivity index (χ3v) is 2.40. The number of ether oxygens (including phenoxy) is 1. The molecule has 0 spiro atoms. The highest BCUT2D eigenvalue weighted by Crippen LogP contribution is 2.35. The third kappa shape index (κ3) is 1.83. The van der Waals surface area contributed by atoms with Gasteiger partial charge in [0, 0.05) is 0 Å². The maximum atomic E-state index is 8.91.